The van der Waals surface area contributed by atoms with Crippen molar-refractivity contribution < 1.29 is 0 Å². The maximum absolute atomic E-state index is 5.94. The Morgan fingerprint density at radius 2 is 1.60 bits per heavy atom. The number of aryl methyl sites for hydroxylation is 1. The normalized spacial score (nSPS) is 10.2. The number of thiocarbonyl (C=S) groups is 1. The van der Waals surface area contributed by atoms with Gasteiger partial charge in [-0.3, -0.25) is 0 Å². The smallest absolute Gasteiger partial charge is 0.175 e. The summed E-state index contributed by atoms with van der Waals surface area (Å²) in [4.78, 5) is 0. The molecule has 0 fully saturated rings. The SMILES string of the molecule is Cc1cc(NC(=S)Nc2cc(Cl)cc(Cl)c2)ccc1Br. The number of hydrogen-bond donors (Lipinski definition) is 2. The summed E-state index contributed by atoms with van der Waals surface area (Å²) in [6, 6.07) is 11.1. The Morgan fingerprint density at radius 1 is 1.00 bits per heavy atom. The molecule has 104 valence electrons. The molecule has 2 aromatic rings. The molecule has 0 saturated heterocycles. The van der Waals surface area contributed by atoms with Crippen molar-refractivity contribution in [2.45, 2.75) is 6.92 Å². The second kappa shape index (κ2) is 6.76. The molecule has 0 unspecified atom stereocenters. The van der Waals surface area contributed by atoms with Gasteiger partial charge in [-0.15, -0.1) is 0 Å². The maximum Gasteiger partial charge on any atom is 0.175 e. The van der Waals surface area contributed by atoms with Crippen LogP contribution in [0.15, 0.2) is 40.9 Å². The van der Waals surface area contributed by atoms with Gasteiger partial charge in [0.2, 0.25) is 0 Å². The Hall–Kier alpha value is -0.810. The molecule has 0 bridgehead atoms. The van der Waals surface area contributed by atoms with Gasteiger partial charge in [0.25, 0.3) is 0 Å². The van der Waals surface area contributed by atoms with Crippen LogP contribution in [0.4, 0.5) is 11.4 Å². The summed E-state index contributed by atoms with van der Waals surface area (Å²) in [5, 5.41) is 7.75. The number of nitrogens with one attached hydrogen (secondary N) is 2. The quantitative estimate of drug-likeness (QED) is 0.627. The predicted molar refractivity (Wildman–Crippen MR) is 95.2 cm³/mol. The minimum absolute atomic E-state index is 0.477. The third-order valence-corrected chi connectivity index (χ3v) is 4.07. The van der Waals surface area contributed by atoms with E-state index in [9.17, 15) is 0 Å². The molecule has 0 heterocycles. The van der Waals surface area contributed by atoms with E-state index in [-0.39, 0.29) is 0 Å². The molecule has 2 N–H and O–H groups in total. The second-order valence-electron chi connectivity index (χ2n) is 4.20. The molecule has 0 amide bonds. The summed E-state index contributed by atoms with van der Waals surface area (Å²) >= 11 is 20.6. The Balaban J connectivity index is 2.06. The third-order valence-electron chi connectivity index (χ3n) is 2.54. The fourth-order valence-electron chi connectivity index (χ4n) is 1.64. The van der Waals surface area contributed by atoms with Crippen molar-refractivity contribution in [2.75, 3.05) is 10.6 Å². The van der Waals surface area contributed by atoms with E-state index in [1.165, 1.54) is 0 Å². The Kier molecular flexibility index (Phi) is 5.27. The van der Waals surface area contributed by atoms with Gasteiger partial charge < -0.3 is 10.6 Å². The van der Waals surface area contributed by atoms with Gasteiger partial charge in [-0.1, -0.05) is 39.1 Å². The summed E-state index contributed by atoms with van der Waals surface area (Å²) in [6.45, 7) is 2.02. The highest BCUT2D eigenvalue weighted by atomic mass is 79.9. The van der Waals surface area contributed by atoms with Crippen molar-refractivity contribution >= 4 is 67.8 Å². The van der Waals surface area contributed by atoms with Crippen molar-refractivity contribution in [1.82, 2.24) is 0 Å². The van der Waals surface area contributed by atoms with Crippen LogP contribution in [0.1, 0.15) is 5.56 Å². The van der Waals surface area contributed by atoms with E-state index in [1.54, 1.807) is 18.2 Å². The molecule has 0 radical (unpaired) electrons. The van der Waals surface area contributed by atoms with Crippen LogP contribution in [0.2, 0.25) is 10.0 Å². The van der Waals surface area contributed by atoms with Gasteiger partial charge in [0.05, 0.1) is 0 Å². The molecule has 0 aliphatic heterocycles. The van der Waals surface area contributed by atoms with Crippen LogP contribution in [0, 0.1) is 6.92 Å². The Morgan fingerprint density at radius 3 is 2.20 bits per heavy atom. The zero-order valence-electron chi connectivity index (χ0n) is 10.5. The van der Waals surface area contributed by atoms with E-state index >= 15 is 0 Å². The lowest BCUT2D eigenvalue weighted by Gasteiger charge is -2.12. The number of anilines is 2. The topological polar surface area (TPSA) is 24.1 Å². The average molecular weight is 390 g/mol. The van der Waals surface area contributed by atoms with E-state index in [2.05, 4.69) is 26.6 Å². The minimum Gasteiger partial charge on any atom is -0.332 e. The van der Waals surface area contributed by atoms with Gasteiger partial charge in [0.1, 0.15) is 0 Å². The van der Waals surface area contributed by atoms with Gasteiger partial charge >= 0.3 is 0 Å². The van der Waals surface area contributed by atoms with Crippen molar-refractivity contribution in [2.24, 2.45) is 0 Å². The zero-order chi connectivity index (χ0) is 14.7. The van der Waals surface area contributed by atoms with E-state index in [4.69, 9.17) is 35.4 Å². The fourth-order valence-corrected chi connectivity index (χ4v) is 2.65. The molecule has 2 nitrogen and oxygen atoms in total. The first-order chi connectivity index (χ1) is 9.44. The lowest BCUT2D eigenvalue weighted by Crippen LogP contribution is -2.19. The van der Waals surface area contributed by atoms with E-state index in [0.717, 1.165) is 21.4 Å². The highest BCUT2D eigenvalue weighted by Crippen LogP contribution is 2.23. The van der Waals surface area contributed by atoms with Crippen molar-refractivity contribution in [1.29, 1.82) is 0 Å². The van der Waals surface area contributed by atoms with Gasteiger partial charge in [-0.25, -0.2) is 0 Å². The average Bonchev–Trinajstić information content (AvgIpc) is 2.32. The van der Waals surface area contributed by atoms with Gasteiger partial charge in [0.15, 0.2) is 5.11 Å². The number of rotatable bonds is 2. The Labute approximate surface area is 141 Å². The molecule has 0 aromatic heterocycles. The second-order valence-corrected chi connectivity index (χ2v) is 6.34. The standard InChI is InChI=1S/C14H11BrCl2N2S/c1-8-4-11(2-3-13(8)15)18-14(20)19-12-6-9(16)5-10(17)7-12/h2-7H,1H3,(H2,18,19,20). The van der Waals surface area contributed by atoms with Crippen LogP contribution in [0.25, 0.3) is 0 Å². The molecule has 0 spiro atoms. The fraction of sp³-hybridized carbons (Fsp3) is 0.0714. The molecule has 0 aliphatic rings. The molecular weight excluding hydrogens is 379 g/mol. The highest BCUT2D eigenvalue weighted by molar-refractivity contribution is 9.10. The zero-order valence-corrected chi connectivity index (χ0v) is 14.4. The first kappa shape index (κ1) is 15.6. The molecular formula is C14H11BrCl2N2S. The first-order valence-corrected chi connectivity index (χ1v) is 7.70. The lowest BCUT2D eigenvalue weighted by molar-refractivity contribution is 1.43. The van der Waals surface area contributed by atoms with E-state index in [1.807, 2.05) is 25.1 Å². The van der Waals surface area contributed by atoms with Crippen LogP contribution >= 0.6 is 51.3 Å². The number of halogens is 3. The van der Waals surface area contributed by atoms with Crippen LogP contribution in [0.5, 0.6) is 0 Å². The first-order valence-electron chi connectivity index (χ1n) is 5.74. The van der Waals surface area contributed by atoms with Crippen LogP contribution in [-0.2, 0) is 0 Å². The van der Waals surface area contributed by atoms with Gasteiger partial charge in [-0.2, -0.15) is 0 Å². The summed E-state index contributed by atoms with van der Waals surface area (Å²) in [6.07, 6.45) is 0. The predicted octanol–water partition coefficient (Wildman–Crippen LogP) is 5.87. The molecule has 20 heavy (non-hydrogen) atoms. The molecule has 0 saturated carbocycles. The van der Waals surface area contributed by atoms with Crippen molar-refractivity contribution in [3.8, 4) is 0 Å². The molecule has 0 atom stereocenters. The van der Waals surface area contributed by atoms with E-state index < -0.39 is 0 Å². The molecule has 6 heteroatoms. The monoisotopic (exact) mass is 388 g/mol. The third kappa shape index (κ3) is 4.35. The summed E-state index contributed by atoms with van der Waals surface area (Å²) in [5.74, 6) is 0. The van der Waals surface area contributed by atoms with Crippen LogP contribution in [-0.4, -0.2) is 5.11 Å². The Bertz CT molecular complexity index is 641. The number of hydrogen-bond acceptors (Lipinski definition) is 1. The molecule has 0 aliphatic carbocycles. The maximum atomic E-state index is 5.94. The van der Waals surface area contributed by atoms with Crippen LogP contribution < -0.4 is 10.6 Å². The summed E-state index contributed by atoms with van der Waals surface area (Å²) in [7, 11) is 0. The van der Waals surface area contributed by atoms with Crippen LogP contribution in [0.3, 0.4) is 0 Å². The summed E-state index contributed by atoms with van der Waals surface area (Å²) in [5.41, 5.74) is 2.79. The van der Waals surface area contributed by atoms with Crippen molar-refractivity contribution in [3.05, 3.63) is 56.5 Å². The number of benzene rings is 2. The van der Waals surface area contributed by atoms with Crippen molar-refractivity contribution in [3.63, 3.8) is 0 Å². The van der Waals surface area contributed by atoms with Gasteiger partial charge in [0, 0.05) is 25.9 Å². The van der Waals surface area contributed by atoms with Gasteiger partial charge in [-0.05, 0) is 61.1 Å². The molecule has 2 aromatic carbocycles. The highest BCUT2D eigenvalue weighted by Gasteiger charge is 2.03. The molecule has 2 rings (SSSR count). The summed E-state index contributed by atoms with van der Waals surface area (Å²) < 4.78 is 1.06. The van der Waals surface area contributed by atoms with E-state index in [0.29, 0.717) is 15.2 Å². The lowest BCUT2D eigenvalue weighted by atomic mass is 10.2. The minimum atomic E-state index is 0.477. The largest absolute Gasteiger partial charge is 0.332 e.